The Labute approximate surface area is 151 Å². The quantitative estimate of drug-likeness (QED) is 0.850. The predicted molar refractivity (Wildman–Crippen MR) is 94.9 cm³/mol. The molecule has 0 saturated carbocycles. The van der Waals surface area contributed by atoms with Crippen LogP contribution in [0.1, 0.15) is 19.8 Å². The predicted octanol–water partition coefficient (Wildman–Crippen LogP) is 1.62. The van der Waals surface area contributed by atoms with Crippen molar-refractivity contribution in [1.82, 2.24) is 14.5 Å². The van der Waals surface area contributed by atoms with Crippen molar-refractivity contribution in [2.24, 2.45) is 5.92 Å². The minimum Gasteiger partial charge on any atom is -0.340 e. The lowest BCUT2D eigenvalue weighted by Crippen LogP contribution is -2.53. The maximum Gasteiger partial charge on any atom is 0.252 e. The second kappa shape index (κ2) is 7.29. The molecule has 1 amide bonds. The fourth-order valence-corrected chi connectivity index (χ4v) is 6.39. The molecule has 0 aliphatic carbocycles. The lowest BCUT2D eigenvalue weighted by Gasteiger charge is -2.37. The Morgan fingerprint density at radius 2 is 2.00 bits per heavy atom. The van der Waals surface area contributed by atoms with Gasteiger partial charge in [-0.1, -0.05) is 11.6 Å². The summed E-state index contributed by atoms with van der Waals surface area (Å²) in [5.74, 6) is 0.222. The molecule has 3 heterocycles. The molecule has 0 spiro atoms. The van der Waals surface area contributed by atoms with E-state index in [0.29, 0.717) is 36.6 Å². The van der Waals surface area contributed by atoms with Crippen molar-refractivity contribution in [2.75, 3.05) is 32.7 Å². The molecule has 6 nitrogen and oxygen atoms in total. The molecular weight excluding hydrogens is 370 g/mol. The van der Waals surface area contributed by atoms with E-state index in [9.17, 15) is 13.2 Å². The second-order valence-corrected chi connectivity index (χ2v) is 10.2. The van der Waals surface area contributed by atoms with Gasteiger partial charge in [0.2, 0.25) is 5.91 Å². The van der Waals surface area contributed by atoms with Crippen molar-refractivity contribution in [2.45, 2.75) is 30.0 Å². The molecular formula is C15H22ClN3O3S2. The van der Waals surface area contributed by atoms with Gasteiger partial charge in [-0.2, -0.15) is 4.31 Å². The smallest absolute Gasteiger partial charge is 0.252 e. The van der Waals surface area contributed by atoms with E-state index in [0.717, 1.165) is 30.7 Å². The molecule has 2 aliphatic heterocycles. The zero-order valence-corrected chi connectivity index (χ0v) is 16.0. The molecule has 0 bridgehead atoms. The van der Waals surface area contributed by atoms with E-state index in [4.69, 9.17) is 11.6 Å². The second-order valence-electron chi connectivity index (χ2n) is 6.36. The number of piperazine rings is 1. The van der Waals surface area contributed by atoms with E-state index < -0.39 is 10.0 Å². The summed E-state index contributed by atoms with van der Waals surface area (Å²) in [6.45, 7) is 4.54. The van der Waals surface area contributed by atoms with Gasteiger partial charge in [0.15, 0.2) is 0 Å². The molecule has 24 heavy (non-hydrogen) atoms. The van der Waals surface area contributed by atoms with Crippen LogP contribution in [-0.4, -0.2) is 62.3 Å². The number of rotatable bonds is 3. The molecule has 1 aromatic heterocycles. The largest absolute Gasteiger partial charge is 0.340 e. The number of hydrogen-bond donors (Lipinski definition) is 1. The number of halogens is 1. The van der Waals surface area contributed by atoms with E-state index in [1.807, 2.05) is 4.90 Å². The number of amides is 1. The zero-order chi connectivity index (χ0) is 17.3. The number of hydrogen-bond acceptors (Lipinski definition) is 5. The highest BCUT2D eigenvalue weighted by Gasteiger charge is 2.34. The molecule has 9 heteroatoms. The summed E-state index contributed by atoms with van der Waals surface area (Å²) in [7, 11) is -3.50. The standard InChI is InChI=1S/C15H22ClN3O3S2/c1-11-10-12(4-5-17-11)15(20)18-6-8-19(9-7-18)24(21,22)14-3-2-13(16)23-14/h2-3,11-12,17H,4-10H2,1H3/t11-,12-/m0/s1. The Kier molecular flexibility index (Phi) is 5.51. The van der Waals surface area contributed by atoms with Crippen LogP contribution in [0.15, 0.2) is 16.3 Å². The van der Waals surface area contributed by atoms with Gasteiger partial charge >= 0.3 is 0 Å². The van der Waals surface area contributed by atoms with E-state index in [1.54, 1.807) is 6.07 Å². The van der Waals surface area contributed by atoms with Crippen molar-refractivity contribution in [3.05, 3.63) is 16.5 Å². The van der Waals surface area contributed by atoms with E-state index >= 15 is 0 Å². The number of piperidine rings is 1. The van der Waals surface area contributed by atoms with Crippen LogP contribution in [0.2, 0.25) is 4.34 Å². The number of thiophene rings is 1. The molecule has 2 saturated heterocycles. The van der Waals surface area contributed by atoms with Crippen molar-refractivity contribution >= 4 is 38.9 Å². The van der Waals surface area contributed by atoms with Gasteiger partial charge < -0.3 is 10.2 Å². The highest BCUT2D eigenvalue weighted by molar-refractivity contribution is 7.91. The minimum absolute atomic E-state index is 0.0560. The lowest BCUT2D eigenvalue weighted by atomic mass is 9.92. The first kappa shape index (κ1) is 18.1. The van der Waals surface area contributed by atoms with Gasteiger partial charge in [-0.3, -0.25) is 4.79 Å². The van der Waals surface area contributed by atoms with E-state index in [1.165, 1.54) is 10.4 Å². The number of sulfonamides is 1. The normalized spacial score (nSPS) is 26.5. The summed E-state index contributed by atoms with van der Waals surface area (Å²) in [5.41, 5.74) is 0. The molecule has 0 aromatic carbocycles. The summed E-state index contributed by atoms with van der Waals surface area (Å²) in [6.07, 6.45) is 1.71. The average molecular weight is 392 g/mol. The third kappa shape index (κ3) is 3.77. The van der Waals surface area contributed by atoms with Crippen LogP contribution in [-0.2, 0) is 14.8 Å². The maximum atomic E-state index is 12.6. The highest BCUT2D eigenvalue weighted by Crippen LogP contribution is 2.29. The fraction of sp³-hybridized carbons (Fsp3) is 0.667. The van der Waals surface area contributed by atoms with Gasteiger partial charge in [-0.25, -0.2) is 8.42 Å². The summed E-state index contributed by atoms with van der Waals surface area (Å²) >= 11 is 6.91. The van der Waals surface area contributed by atoms with Gasteiger partial charge in [-0.05, 0) is 38.4 Å². The molecule has 134 valence electrons. The van der Waals surface area contributed by atoms with E-state index in [2.05, 4.69) is 12.2 Å². The minimum atomic E-state index is -3.50. The SMILES string of the molecule is C[C@H]1C[C@@H](C(=O)N2CCN(S(=O)(=O)c3ccc(Cl)s3)CC2)CCN1. The number of carbonyl (C=O) groups is 1. The summed E-state index contributed by atoms with van der Waals surface area (Å²) in [4.78, 5) is 14.5. The number of carbonyl (C=O) groups excluding carboxylic acids is 1. The molecule has 3 rings (SSSR count). The van der Waals surface area contributed by atoms with Crippen molar-refractivity contribution < 1.29 is 13.2 Å². The fourth-order valence-electron chi connectivity index (χ4n) is 3.33. The number of nitrogens with one attached hydrogen (secondary N) is 1. The summed E-state index contributed by atoms with van der Waals surface area (Å²) < 4.78 is 27.3. The molecule has 2 aliphatic rings. The Morgan fingerprint density at radius 3 is 2.58 bits per heavy atom. The van der Waals surface area contributed by atoms with Gasteiger partial charge in [0.25, 0.3) is 10.0 Å². The zero-order valence-electron chi connectivity index (χ0n) is 13.6. The van der Waals surface area contributed by atoms with Gasteiger partial charge in [0.1, 0.15) is 4.21 Å². The Hall–Kier alpha value is -0.670. The van der Waals surface area contributed by atoms with Crippen LogP contribution < -0.4 is 5.32 Å². The Morgan fingerprint density at radius 1 is 1.29 bits per heavy atom. The molecule has 2 fully saturated rings. The van der Waals surface area contributed by atoms with Crippen LogP contribution in [0.3, 0.4) is 0 Å². The van der Waals surface area contributed by atoms with Crippen LogP contribution in [0, 0.1) is 5.92 Å². The lowest BCUT2D eigenvalue weighted by molar-refractivity contribution is -0.137. The molecule has 0 radical (unpaired) electrons. The van der Waals surface area contributed by atoms with Crippen LogP contribution in [0.4, 0.5) is 0 Å². The molecule has 1 aromatic rings. The third-order valence-electron chi connectivity index (χ3n) is 4.67. The summed E-state index contributed by atoms with van der Waals surface area (Å²) in [6, 6.07) is 3.49. The first-order valence-corrected chi connectivity index (χ1v) is 10.8. The topological polar surface area (TPSA) is 69.7 Å². The number of nitrogens with zero attached hydrogens (tertiary/aromatic N) is 2. The molecule has 2 atom stereocenters. The van der Waals surface area contributed by atoms with Crippen molar-refractivity contribution in [3.8, 4) is 0 Å². The Balaban J connectivity index is 1.60. The first-order valence-electron chi connectivity index (χ1n) is 8.15. The van der Waals surface area contributed by atoms with Gasteiger partial charge in [-0.15, -0.1) is 11.3 Å². The summed E-state index contributed by atoms with van der Waals surface area (Å²) in [5, 5.41) is 3.35. The Bertz CT molecular complexity index is 699. The average Bonchev–Trinajstić information content (AvgIpc) is 3.01. The highest BCUT2D eigenvalue weighted by atomic mass is 35.5. The molecule has 1 N–H and O–H groups in total. The maximum absolute atomic E-state index is 12.6. The monoisotopic (exact) mass is 391 g/mol. The van der Waals surface area contributed by atoms with Crippen molar-refractivity contribution in [3.63, 3.8) is 0 Å². The van der Waals surface area contributed by atoms with E-state index in [-0.39, 0.29) is 16.0 Å². The van der Waals surface area contributed by atoms with Crippen molar-refractivity contribution in [1.29, 1.82) is 0 Å². The van der Waals surface area contributed by atoms with Crippen LogP contribution >= 0.6 is 22.9 Å². The van der Waals surface area contributed by atoms with Gasteiger partial charge in [0.05, 0.1) is 4.34 Å². The third-order valence-corrected chi connectivity index (χ3v) is 8.26. The van der Waals surface area contributed by atoms with Crippen LogP contribution in [0.5, 0.6) is 0 Å². The molecule has 0 unspecified atom stereocenters. The first-order chi connectivity index (χ1) is 11.4. The van der Waals surface area contributed by atoms with Crippen LogP contribution in [0.25, 0.3) is 0 Å². The van der Waals surface area contributed by atoms with Gasteiger partial charge in [0, 0.05) is 38.1 Å².